The lowest BCUT2D eigenvalue weighted by Gasteiger charge is -2.39. The van der Waals surface area contributed by atoms with Gasteiger partial charge in [-0.1, -0.05) is 0 Å². The van der Waals surface area contributed by atoms with E-state index in [1.54, 1.807) is 0 Å². The molecular formula is C10H12F6N2O4. The van der Waals surface area contributed by atoms with Crippen molar-refractivity contribution in [3.8, 4) is 0 Å². The molecule has 0 radical (unpaired) electrons. The Morgan fingerprint density at radius 1 is 1.05 bits per heavy atom. The molecule has 0 aromatic carbocycles. The van der Waals surface area contributed by atoms with Crippen molar-refractivity contribution in [3.63, 3.8) is 0 Å². The average molecular weight is 338 g/mol. The van der Waals surface area contributed by atoms with Crippen LogP contribution < -0.4 is 10.6 Å². The van der Waals surface area contributed by atoms with Gasteiger partial charge in [-0.2, -0.15) is 26.3 Å². The quantitative estimate of drug-likeness (QED) is 0.628. The molecule has 1 saturated heterocycles. The van der Waals surface area contributed by atoms with Crippen LogP contribution in [0, 0.1) is 0 Å². The van der Waals surface area contributed by atoms with Gasteiger partial charge >= 0.3 is 24.2 Å². The van der Waals surface area contributed by atoms with Crippen LogP contribution in [-0.2, 0) is 14.3 Å². The summed E-state index contributed by atoms with van der Waals surface area (Å²) in [6.45, 7) is 1.14. The third-order valence-electron chi connectivity index (χ3n) is 2.90. The molecule has 0 bridgehead atoms. The summed E-state index contributed by atoms with van der Waals surface area (Å²) in [5, 5.41) is 12.2. The molecule has 4 atom stereocenters. The minimum Gasteiger partial charge on any atom is -0.368 e. The number of aliphatic hydroxyl groups is 1. The largest absolute Gasteiger partial charge is 0.471 e. The Morgan fingerprint density at radius 2 is 1.50 bits per heavy atom. The van der Waals surface area contributed by atoms with Gasteiger partial charge in [0, 0.05) is 6.42 Å². The van der Waals surface area contributed by atoms with Gasteiger partial charge in [0.2, 0.25) is 0 Å². The van der Waals surface area contributed by atoms with Crippen LogP contribution in [-0.4, -0.2) is 53.8 Å². The van der Waals surface area contributed by atoms with E-state index in [0.29, 0.717) is 0 Å². The Hall–Kier alpha value is -1.56. The smallest absolute Gasteiger partial charge is 0.368 e. The number of halogens is 6. The minimum absolute atomic E-state index is 0.616. The summed E-state index contributed by atoms with van der Waals surface area (Å²) in [5.41, 5.74) is 0. The molecule has 1 unspecified atom stereocenters. The molecule has 0 saturated carbocycles. The second-order valence-corrected chi connectivity index (χ2v) is 4.61. The van der Waals surface area contributed by atoms with E-state index in [9.17, 15) is 41.0 Å². The maximum Gasteiger partial charge on any atom is 0.471 e. The fourth-order valence-electron chi connectivity index (χ4n) is 1.93. The Kier molecular flexibility index (Phi) is 5.28. The standard InChI is InChI=1S/C10H12F6N2O4/c1-3-6(18-8(21)10(14,15)16)4(2-5(19)22-3)17-7(20)9(11,12)13/h3-6,19H,2H2,1H3,(H,17,20)(H,18,21)/t3-,4-,5?,6+/m0/s1. The van der Waals surface area contributed by atoms with E-state index in [0.717, 1.165) is 6.92 Å². The predicted molar refractivity (Wildman–Crippen MR) is 57.1 cm³/mol. The van der Waals surface area contributed by atoms with Crippen molar-refractivity contribution < 1.29 is 45.8 Å². The molecule has 1 rings (SSSR count). The Bertz CT molecular complexity index is 438. The number of hydrogen-bond acceptors (Lipinski definition) is 4. The second-order valence-electron chi connectivity index (χ2n) is 4.61. The predicted octanol–water partition coefficient (Wildman–Crippen LogP) is 0.208. The number of hydrogen-bond donors (Lipinski definition) is 3. The number of ether oxygens (including phenoxy) is 1. The van der Waals surface area contributed by atoms with Gasteiger partial charge in [0.1, 0.15) is 0 Å². The normalized spacial score (nSPS) is 29.8. The molecule has 0 aromatic rings. The van der Waals surface area contributed by atoms with Gasteiger partial charge in [-0.25, -0.2) is 0 Å². The maximum absolute atomic E-state index is 12.2. The monoisotopic (exact) mass is 338 g/mol. The van der Waals surface area contributed by atoms with Gasteiger partial charge in [0.15, 0.2) is 6.29 Å². The number of rotatable bonds is 2. The number of amides is 2. The van der Waals surface area contributed by atoms with Crippen molar-refractivity contribution in [2.75, 3.05) is 0 Å². The van der Waals surface area contributed by atoms with Crippen LogP contribution in [0.3, 0.4) is 0 Å². The first-order valence-electron chi connectivity index (χ1n) is 5.91. The van der Waals surface area contributed by atoms with E-state index < -0.39 is 55.1 Å². The van der Waals surface area contributed by atoms with Crippen LogP contribution in [0.5, 0.6) is 0 Å². The highest BCUT2D eigenvalue weighted by molar-refractivity contribution is 5.83. The molecule has 3 N–H and O–H groups in total. The highest BCUT2D eigenvalue weighted by Gasteiger charge is 2.47. The third kappa shape index (κ3) is 4.73. The Morgan fingerprint density at radius 3 is 1.95 bits per heavy atom. The number of aliphatic hydroxyl groups excluding tert-OH is 1. The van der Waals surface area contributed by atoms with Crippen LogP contribution in [0.15, 0.2) is 0 Å². The first-order chi connectivity index (χ1) is 9.82. The van der Waals surface area contributed by atoms with E-state index in [1.165, 1.54) is 10.6 Å². The molecule has 0 aromatic heterocycles. The van der Waals surface area contributed by atoms with E-state index in [2.05, 4.69) is 0 Å². The average Bonchev–Trinajstić information content (AvgIpc) is 2.30. The molecule has 22 heavy (non-hydrogen) atoms. The zero-order valence-electron chi connectivity index (χ0n) is 11.0. The van der Waals surface area contributed by atoms with Crippen molar-refractivity contribution in [2.24, 2.45) is 0 Å². The van der Waals surface area contributed by atoms with Crippen molar-refractivity contribution in [1.82, 2.24) is 10.6 Å². The lowest BCUT2D eigenvalue weighted by molar-refractivity contribution is -0.194. The molecule has 0 spiro atoms. The van der Waals surface area contributed by atoms with Crippen LogP contribution in [0.2, 0.25) is 0 Å². The summed E-state index contributed by atoms with van der Waals surface area (Å²) in [6.07, 6.45) is -14.0. The van der Waals surface area contributed by atoms with Crippen LogP contribution in [0.4, 0.5) is 26.3 Å². The van der Waals surface area contributed by atoms with Crippen molar-refractivity contribution in [3.05, 3.63) is 0 Å². The Labute approximate surface area is 119 Å². The molecule has 12 heteroatoms. The zero-order chi connectivity index (χ0) is 17.3. The van der Waals surface area contributed by atoms with Gasteiger partial charge in [-0.15, -0.1) is 0 Å². The zero-order valence-corrected chi connectivity index (χ0v) is 11.0. The molecule has 1 fully saturated rings. The lowest BCUT2D eigenvalue weighted by atomic mass is 9.96. The summed E-state index contributed by atoms with van der Waals surface area (Å²) in [4.78, 5) is 21.8. The molecular weight excluding hydrogens is 326 g/mol. The molecule has 1 aliphatic heterocycles. The van der Waals surface area contributed by atoms with Crippen molar-refractivity contribution in [2.45, 2.75) is 50.2 Å². The summed E-state index contributed by atoms with van der Waals surface area (Å²) in [5.74, 6) is -4.79. The first-order valence-corrected chi connectivity index (χ1v) is 5.91. The maximum atomic E-state index is 12.2. The van der Waals surface area contributed by atoms with Gasteiger partial charge in [0.25, 0.3) is 0 Å². The number of nitrogens with one attached hydrogen (secondary N) is 2. The van der Waals surface area contributed by atoms with Gasteiger partial charge < -0.3 is 20.5 Å². The molecule has 2 amide bonds. The highest BCUT2D eigenvalue weighted by atomic mass is 19.4. The van der Waals surface area contributed by atoms with E-state index >= 15 is 0 Å². The number of carbonyl (C=O) groups excluding carboxylic acids is 2. The summed E-state index contributed by atoms with van der Waals surface area (Å²) in [7, 11) is 0. The topological polar surface area (TPSA) is 87.7 Å². The number of carbonyl (C=O) groups is 2. The summed E-state index contributed by atoms with van der Waals surface area (Å²) in [6, 6.07) is -3.18. The molecule has 128 valence electrons. The van der Waals surface area contributed by atoms with Crippen LogP contribution in [0.1, 0.15) is 13.3 Å². The van der Waals surface area contributed by atoms with E-state index in [1.807, 2.05) is 0 Å². The molecule has 1 aliphatic rings. The van der Waals surface area contributed by atoms with E-state index in [-0.39, 0.29) is 0 Å². The summed E-state index contributed by atoms with van der Waals surface area (Å²) < 4.78 is 78.0. The van der Waals surface area contributed by atoms with Gasteiger partial charge in [-0.05, 0) is 6.92 Å². The molecule has 0 aliphatic carbocycles. The van der Waals surface area contributed by atoms with Gasteiger partial charge in [-0.3, -0.25) is 9.59 Å². The summed E-state index contributed by atoms with van der Waals surface area (Å²) >= 11 is 0. The lowest BCUT2D eigenvalue weighted by Crippen LogP contribution is -2.64. The first kappa shape index (κ1) is 18.5. The molecule has 1 heterocycles. The highest BCUT2D eigenvalue weighted by Crippen LogP contribution is 2.23. The molecule has 6 nitrogen and oxygen atoms in total. The van der Waals surface area contributed by atoms with Crippen molar-refractivity contribution in [1.29, 1.82) is 0 Å². The second kappa shape index (κ2) is 6.28. The van der Waals surface area contributed by atoms with Gasteiger partial charge in [0.05, 0.1) is 18.2 Å². The fraction of sp³-hybridized carbons (Fsp3) is 0.800. The SMILES string of the molecule is C[C@@H]1OC(O)C[C@H](NC(=O)C(F)(F)F)[C@@H]1NC(=O)C(F)(F)F. The Balaban J connectivity index is 2.88. The van der Waals surface area contributed by atoms with Crippen LogP contribution in [0.25, 0.3) is 0 Å². The third-order valence-corrected chi connectivity index (χ3v) is 2.90. The van der Waals surface area contributed by atoms with Crippen molar-refractivity contribution >= 4 is 11.8 Å². The number of alkyl halides is 6. The van der Waals surface area contributed by atoms with E-state index in [4.69, 9.17) is 4.74 Å². The minimum atomic E-state index is -5.26. The fourth-order valence-corrected chi connectivity index (χ4v) is 1.93. The van der Waals surface area contributed by atoms with Crippen LogP contribution >= 0.6 is 0 Å².